The van der Waals surface area contributed by atoms with E-state index in [1.54, 1.807) is 6.08 Å². The van der Waals surface area contributed by atoms with Gasteiger partial charge in [-0.05, 0) is 51.2 Å². The lowest BCUT2D eigenvalue weighted by molar-refractivity contribution is -0.125. The number of carbonyl (C=O) groups excluding carboxylic acids is 2. The molecule has 27 heavy (non-hydrogen) atoms. The van der Waals surface area contributed by atoms with Gasteiger partial charge in [-0.15, -0.1) is 0 Å². The summed E-state index contributed by atoms with van der Waals surface area (Å²) in [6, 6.07) is 10.2. The van der Waals surface area contributed by atoms with Crippen molar-refractivity contribution in [1.82, 2.24) is 10.2 Å². The minimum Gasteiger partial charge on any atom is -0.444 e. The molecular formula is C22H30N2O3. The maximum absolute atomic E-state index is 12.6. The molecule has 1 aromatic rings. The van der Waals surface area contributed by atoms with E-state index < -0.39 is 11.7 Å². The molecule has 0 unspecified atom stereocenters. The number of rotatable bonds is 5. The molecule has 2 amide bonds. The van der Waals surface area contributed by atoms with Crippen molar-refractivity contribution in [3.05, 3.63) is 48.0 Å². The number of hydrogen-bond acceptors (Lipinski definition) is 3. The van der Waals surface area contributed by atoms with E-state index in [0.29, 0.717) is 25.6 Å². The van der Waals surface area contributed by atoms with Gasteiger partial charge in [0.2, 0.25) is 5.91 Å². The fourth-order valence-electron chi connectivity index (χ4n) is 3.48. The van der Waals surface area contributed by atoms with Crippen molar-refractivity contribution < 1.29 is 14.3 Å². The van der Waals surface area contributed by atoms with E-state index in [9.17, 15) is 9.59 Å². The molecule has 1 aliphatic heterocycles. The Morgan fingerprint density at radius 2 is 1.89 bits per heavy atom. The van der Waals surface area contributed by atoms with Gasteiger partial charge in [-0.1, -0.05) is 36.4 Å². The third kappa shape index (κ3) is 5.84. The van der Waals surface area contributed by atoms with Crippen molar-refractivity contribution in [2.75, 3.05) is 19.6 Å². The summed E-state index contributed by atoms with van der Waals surface area (Å²) in [5.74, 6) is 1.03. The second kappa shape index (κ2) is 8.15. The molecule has 0 radical (unpaired) electrons. The zero-order valence-corrected chi connectivity index (χ0v) is 16.5. The summed E-state index contributed by atoms with van der Waals surface area (Å²) in [7, 11) is 0. The highest BCUT2D eigenvalue weighted by molar-refractivity contribution is 5.88. The number of likely N-dealkylation sites (tertiary alicyclic amines) is 1. The van der Waals surface area contributed by atoms with Crippen LogP contribution < -0.4 is 5.32 Å². The van der Waals surface area contributed by atoms with Crippen LogP contribution in [0.3, 0.4) is 0 Å². The van der Waals surface area contributed by atoms with Crippen LogP contribution in [0.4, 0.5) is 4.79 Å². The van der Waals surface area contributed by atoms with Crippen molar-refractivity contribution in [3.63, 3.8) is 0 Å². The van der Waals surface area contributed by atoms with Gasteiger partial charge >= 0.3 is 6.09 Å². The van der Waals surface area contributed by atoms with Crippen LogP contribution in [0.2, 0.25) is 0 Å². The van der Waals surface area contributed by atoms with Gasteiger partial charge in [0.1, 0.15) is 5.60 Å². The molecule has 2 aliphatic rings. The maximum Gasteiger partial charge on any atom is 0.407 e. The topological polar surface area (TPSA) is 58.6 Å². The van der Waals surface area contributed by atoms with E-state index in [1.165, 1.54) is 18.4 Å². The zero-order chi connectivity index (χ0) is 19.4. The lowest BCUT2D eigenvalue weighted by Crippen LogP contribution is -2.37. The molecule has 1 saturated heterocycles. The average molecular weight is 370 g/mol. The number of carbonyl (C=O) groups is 2. The monoisotopic (exact) mass is 370 g/mol. The number of alkyl carbamates (subject to hydrolysis) is 1. The largest absolute Gasteiger partial charge is 0.444 e. The van der Waals surface area contributed by atoms with Crippen LogP contribution in [0, 0.1) is 11.8 Å². The highest BCUT2D eigenvalue weighted by Gasteiger charge is 2.36. The fraction of sp³-hybridized carbons (Fsp3) is 0.545. The summed E-state index contributed by atoms with van der Waals surface area (Å²) < 4.78 is 5.34. The van der Waals surface area contributed by atoms with Crippen LogP contribution in [-0.2, 0) is 9.53 Å². The molecule has 2 fully saturated rings. The SMILES string of the molecule is CC(C)(C)OC(=O)NC[C@@H]1CN(C(=O)/C=C/C2CC2)C[C@H]1c1ccccc1. The molecule has 1 aliphatic carbocycles. The van der Waals surface area contributed by atoms with E-state index in [4.69, 9.17) is 4.74 Å². The standard InChI is InChI=1S/C22H30N2O3/c1-22(2,3)27-21(26)23-13-18-14-24(20(25)12-11-16-9-10-16)15-19(18)17-7-5-4-6-8-17/h4-8,11-12,16,18-19H,9-10,13-15H2,1-3H3,(H,23,26)/b12-11+/t18-,19+/m1/s1. The maximum atomic E-state index is 12.6. The number of nitrogens with zero attached hydrogens (tertiary/aromatic N) is 1. The lowest BCUT2D eigenvalue weighted by Gasteiger charge is -2.22. The average Bonchev–Trinajstić information content (AvgIpc) is 3.34. The molecule has 5 nitrogen and oxygen atoms in total. The molecule has 1 aromatic carbocycles. The zero-order valence-electron chi connectivity index (χ0n) is 16.5. The Morgan fingerprint density at radius 3 is 2.52 bits per heavy atom. The van der Waals surface area contributed by atoms with Crippen LogP contribution in [-0.4, -0.2) is 42.1 Å². The Kier molecular flexibility index (Phi) is 5.88. The Labute approximate surface area is 161 Å². The van der Waals surface area contributed by atoms with Gasteiger partial charge in [0.15, 0.2) is 0 Å². The number of allylic oxidation sites excluding steroid dienone is 1. The molecule has 2 atom stereocenters. The first-order valence-corrected chi connectivity index (χ1v) is 9.81. The molecule has 0 spiro atoms. The van der Waals surface area contributed by atoms with Crippen LogP contribution >= 0.6 is 0 Å². The second-order valence-corrected chi connectivity index (χ2v) is 8.60. The molecule has 3 rings (SSSR count). The normalized spacial score (nSPS) is 22.9. The molecule has 0 bridgehead atoms. The van der Waals surface area contributed by atoms with Crippen LogP contribution in [0.1, 0.15) is 45.1 Å². The first-order chi connectivity index (χ1) is 12.8. The van der Waals surface area contributed by atoms with Crippen LogP contribution in [0.25, 0.3) is 0 Å². The van der Waals surface area contributed by atoms with Crippen LogP contribution in [0.5, 0.6) is 0 Å². The minimum atomic E-state index is -0.520. The summed E-state index contributed by atoms with van der Waals surface area (Å²) in [6.07, 6.45) is 5.74. The number of benzene rings is 1. The van der Waals surface area contributed by atoms with Crippen molar-refractivity contribution in [2.45, 2.75) is 45.1 Å². The fourth-order valence-corrected chi connectivity index (χ4v) is 3.48. The predicted molar refractivity (Wildman–Crippen MR) is 105 cm³/mol. The van der Waals surface area contributed by atoms with Crippen molar-refractivity contribution in [1.29, 1.82) is 0 Å². The van der Waals surface area contributed by atoms with E-state index in [0.717, 1.165) is 0 Å². The predicted octanol–water partition coefficient (Wildman–Crippen LogP) is 3.72. The Hall–Kier alpha value is -2.30. The van der Waals surface area contributed by atoms with Crippen molar-refractivity contribution in [2.24, 2.45) is 11.8 Å². The van der Waals surface area contributed by atoms with Gasteiger partial charge in [0, 0.05) is 31.5 Å². The Balaban J connectivity index is 1.64. The molecule has 1 saturated carbocycles. The first kappa shape index (κ1) is 19.5. The highest BCUT2D eigenvalue weighted by Crippen LogP contribution is 2.33. The molecule has 1 heterocycles. The first-order valence-electron chi connectivity index (χ1n) is 9.81. The smallest absolute Gasteiger partial charge is 0.407 e. The van der Waals surface area contributed by atoms with E-state index in [1.807, 2.05) is 49.9 Å². The summed E-state index contributed by atoms with van der Waals surface area (Å²) in [5, 5.41) is 2.88. The lowest BCUT2D eigenvalue weighted by atomic mass is 9.89. The number of amides is 2. The molecular weight excluding hydrogens is 340 g/mol. The molecule has 1 N–H and O–H groups in total. The van der Waals surface area contributed by atoms with Crippen molar-refractivity contribution in [3.8, 4) is 0 Å². The summed E-state index contributed by atoms with van der Waals surface area (Å²) in [4.78, 5) is 26.5. The Morgan fingerprint density at radius 1 is 1.19 bits per heavy atom. The summed E-state index contributed by atoms with van der Waals surface area (Å²) in [5.41, 5.74) is 0.684. The number of nitrogens with one attached hydrogen (secondary N) is 1. The third-order valence-electron chi connectivity index (χ3n) is 5.02. The Bertz CT molecular complexity index is 689. The van der Waals surface area contributed by atoms with E-state index in [-0.39, 0.29) is 17.7 Å². The van der Waals surface area contributed by atoms with E-state index >= 15 is 0 Å². The molecule has 0 aromatic heterocycles. The van der Waals surface area contributed by atoms with Gasteiger partial charge in [-0.2, -0.15) is 0 Å². The van der Waals surface area contributed by atoms with Gasteiger partial charge in [0.25, 0.3) is 0 Å². The highest BCUT2D eigenvalue weighted by atomic mass is 16.6. The summed E-state index contributed by atoms with van der Waals surface area (Å²) in [6.45, 7) is 7.36. The van der Waals surface area contributed by atoms with Crippen molar-refractivity contribution >= 4 is 12.0 Å². The van der Waals surface area contributed by atoms with Gasteiger partial charge in [0.05, 0.1) is 0 Å². The minimum absolute atomic E-state index is 0.0719. The van der Waals surface area contributed by atoms with Gasteiger partial charge < -0.3 is 15.0 Å². The van der Waals surface area contributed by atoms with Gasteiger partial charge in [-0.3, -0.25) is 4.79 Å². The second-order valence-electron chi connectivity index (χ2n) is 8.60. The van der Waals surface area contributed by atoms with Crippen LogP contribution in [0.15, 0.2) is 42.5 Å². The number of ether oxygens (including phenoxy) is 1. The quantitative estimate of drug-likeness (QED) is 0.804. The summed E-state index contributed by atoms with van der Waals surface area (Å²) >= 11 is 0. The number of hydrogen-bond donors (Lipinski definition) is 1. The third-order valence-corrected chi connectivity index (χ3v) is 5.02. The van der Waals surface area contributed by atoms with Gasteiger partial charge in [-0.25, -0.2) is 4.79 Å². The van der Waals surface area contributed by atoms with E-state index in [2.05, 4.69) is 17.4 Å². The molecule has 146 valence electrons. The molecule has 5 heteroatoms.